The van der Waals surface area contributed by atoms with Crippen LogP contribution >= 0.6 is 22.9 Å². The number of nitrogens with zero attached hydrogens (tertiary/aromatic N) is 3. The predicted octanol–water partition coefficient (Wildman–Crippen LogP) is 6.10. The van der Waals surface area contributed by atoms with Crippen molar-refractivity contribution in [2.45, 2.75) is 6.54 Å². The van der Waals surface area contributed by atoms with E-state index in [1.54, 1.807) is 24.9 Å². The number of hydrogen-bond acceptors (Lipinski definition) is 5. The zero-order valence-corrected chi connectivity index (χ0v) is 18.7. The van der Waals surface area contributed by atoms with E-state index >= 15 is 0 Å². The number of ether oxygens (including phenoxy) is 1. The second-order valence-corrected chi connectivity index (χ2v) is 8.58. The number of hydrogen-bond donors (Lipinski definition) is 0. The van der Waals surface area contributed by atoms with Crippen LogP contribution in [-0.2, 0) is 6.54 Å². The Labute approximate surface area is 193 Å². The zero-order chi connectivity index (χ0) is 22.1. The van der Waals surface area contributed by atoms with Crippen LogP contribution in [0.5, 0.6) is 5.75 Å². The van der Waals surface area contributed by atoms with E-state index in [4.69, 9.17) is 16.3 Å². The zero-order valence-electron chi connectivity index (χ0n) is 17.2. The van der Waals surface area contributed by atoms with Crippen LogP contribution in [0.15, 0.2) is 78.6 Å². The summed E-state index contributed by atoms with van der Waals surface area (Å²) in [5.41, 5.74) is 4.01. The molecule has 0 bridgehead atoms. The number of carbonyl (C=O) groups excluding carboxylic acids is 1. The minimum atomic E-state index is -0.116. The average Bonchev–Trinajstić information content (AvgIpc) is 3.46. The molecule has 0 aliphatic rings. The molecular formula is C25H18ClN3O2S. The molecule has 3 aromatic heterocycles. The summed E-state index contributed by atoms with van der Waals surface area (Å²) in [5.74, 6) is 0.584. The molecule has 0 spiro atoms. The molecule has 0 aliphatic heterocycles. The van der Waals surface area contributed by atoms with Crippen LogP contribution in [0, 0.1) is 0 Å². The first-order valence-corrected chi connectivity index (χ1v) is 11.2. The molecule has 0 aliphatic carbocycles. The Kier molecular flexibility index (Phi) is 5.47. The highest BCUT2D eigenvalue weighted by Gasteiger charge is 2.20. The van der Waals surface area contributed by atoms with Gasteiger partial charge in [-0.15, -0.1) is 11.3 Å². The van der Waals surface area contributed by atoms with E-state index in [0.29, 0.717) is 28.6 Å². The minimum Gasteiger partial charge on any atom is -0.497 e. The number of rotatable bonds is 6. The molecule has 0 saturated heterocycles. The molecule has 5 nitrogen and oxygen atoms in total. The number of methoxy groups -OCH3 is 1. The van der Waals surface area contributed by atoms with Gasteiger partial charge in [0.05, 0.1) is 7.11 Å². The van der Waals surface area contributed by atoms with Gasteiger partial charge in [-0.2, -0.15) is 0 Å². The fraction of sp³-hybridized carbons (Fsp3) is 0.0800. The summed E-state index contributed by atoms with van der Waals surface area (Å²) in [6, 6.07) is 17.3. The maximum absolute atomic E-state index is 13.5. The van der Waals surface area contributed by atoms with Crippen molar-refractivity contribution >= 4 is 39.6 Å². The summed E-state index contributed by atoms with van der Waals surface area (Å²) in [6.07, 6.45) is 5.33. The number of carbonyl (C=O) groups is 1. The topological polar surface area (TPSA) is 57.0 Å². The van der Waals surface area contributed by atoms with Gasteiger partial charge in [0, 0.05) is 57.6 Å². The van der Waals surface area contributed by atoms with Crippen LogP contribution in [0.2, 0.25) is 5.02 Å². The van der Waals surface area contributed by atoms with Crippen molar-refractivity contribution in [2.75, 3.05) is 7.11 Å². The summed E-state index contributed by atoms with van der Waals surface area (Å²) >= 11 is 7.47. The van der Waals surface area contributed by atoms with Gasteiger partial charge in [-0.3, -0.25) is 9.78 Å². The Morgan fingerprint density at radius 3 is 2.62 bits per heavy atom. The van der Waals surface area contributed by atoms with E-state index in [9.17, 15) is 4.79 Å². The van der Waals surface area contributed by atoms with Crippen LogP contribution in [0.25, 0.3) is 21.5 Å². The first-order valence-electron chi connectivity index (χ1n) is 9.94. The Hall–Kier alpha value is -3.48. The highest BCUT2D eigenvalue weighted by Crippen LogP contribution is 2.30. The maximum Gasteiger partial charge on any atom is 0.214 e. The molecule has 0 unspecified atom stereocenters. The van der Waals surface area contributed by atoms with Gasteiger partial charge in [0.25, 0.3) is 0 Å². The minimum absolute atomic E-state index is 0.116. The van der Waals surface area contributed by atoms with Crippen LogP contribution in [0.1, 0.15) is 21.6 Å². The molecule has 3 heterocycles. The Bertz CT molecular complexity index is 1410. The second kappa shape index (κ2) is 8.57. The fourth-order valence-electron chi connectivity index (χ4n) is 3.64. The van der Waals surface area contributed by atoms with Crippen LogP contribution in [0.4, 0.5) is 0 Å². The molecule has 0 amide bonds. The fourth-order valence-corrected chi connectivity index (χ4v) is 4.58. The molecule has 5 rings (SSSR count). The summed E-state index contributed by atoms with van der Waals surface area (Å²) in [7, 11) is 1.62. The normalized spacial score (nSPS) is 11.1. The molecule has 2 aromatic carbocycles. The second-order valence-electron chi connectivity index (χ2n) is 7.28. The van der Waals surface area contributed by atoms with Crippen LogP contribution in [0.3, 0.4) is 0 Å². The number of benzene rings is 2. The number of aromatic nitrogens is 3. The summed E-state index contributed by atoms with van der Waals surface area (Å²) in [5, 5.41) is 4.13. The van der Waals surface area contributed by atoms with E-state index in [-0.39, 0.29) is 5.78 Å². The lowest BCUT2D eigenvalue weighted by atomic mass is 10.1. The SMILES string of the molecule is COc1ccc2c(c1)c(C(=O)c1csc(-c3ccncc3)n1)cn2Cc1ccc(Cl)cc1. The number of pyridine rings is 1. The van der Waals surface area contributed by atoms with E-state index in [2.05, 4.69) is 14.5 Å². The highest BCUT2D eigenvalue weighted by atomic mass is 35.5. The molecule has 0 saturated carbocycles. The molecule has 0 atom stereocenters. The van der Waals surface area contributed by atoms with Gasteiger partial charge in [-0.25, -0.2) is 4.98 Å². The molecule has 0 fully saturated rings. The Morgan fingerprint density at radius 2 is 1.88 bits per heavy atom. The lowest BCUT2D eigenvalue weighted by Crippen LogP contribution is -2.02. The van der Waals surface area contributed by atoms with E-state index in [0.717, 1.165) is 27.0 Å². The molecule has 32 heavy (non-hydrogen) atoms. The molecule has 0 radical (unpaired) electrons. The Morgan fingerprint density at radius 1 is 1.09 bits per heavy atom. The summed E-state index contributed by atoms with van der Waals surface area (Å²) in [6.45, 7) is 0.618. The van der Waals surface area contributed by atoms with Gasteiger partial charge in [0.2, 0.25) is 5.78 Å². The quantitative estimate of drug-likeness (QED) is 0.288. The molecule has 158 valence electrons. The first-order chi connectivity index (χ1) is 15.6. The van der Waals surface area contributed by atoms with Gasteiger partial charge >= 0.3 is 0 Å². The predicted molar refractivity (Wildman–Crippen MR) is 128 cm³/mol. The number of thiazole rings is 1. The van der Waals surface area contributed by atoms with Gasteiger partial charge in [-0.05, 0) is 48.0 Å². The van der Waals surface area contributed by atoms with Gasteiger partial charge in [0.15, 0.2) is 0 Å². The lowest BCUT2D eigenvalue weighted by molar-refractivity contribution is 0.103. The third-order valence-corrected chi connectivity index (χ3v) is 6.41. The molecular weight excluding hydrogens is 442 g/mol. The smallest absolute Gasteiger partial charge is 0.214 e. The largest absolute Gasteiger partial charge is 0.497 e. The standard InChI is InChI=1S/C25H18ClN3O2S/c1-31-19-6-7-23-20(12-19)21(14-29(23)13-16-2-4-18(26)5-3-16)24(30)22-15-32-25(28-22)17-8-10-27-11-9-17/h2-12,14-15H,13H2,1H3. The molecule has 5 aromatic rings. The third-order valence-electron chi connectivity index (χ3n) is 5.26. The lowest BCUT2D eigenvalue weighted by Gasteiger charge is -2.06. The number of ketones is 1. The van der Waals surface area contributed by atoms with Crippen molar-refractivity contribution in [3.63, 3.8) is 0 Å². The van der Waals surface area contributed by atoms with Crippen LogP contribution in [-0.4, -0.2) is 27.4 Å². The van der Waals surface area contributed by atoms with Crippen molar-refractivity contribution in [3.8, 4) is 16.3 Å². The molecule has 0 N–H and O–H groups in total. The van der Waals surface area contributed by atoms with Crippen molar-refractivity contribution < 1.29 is 9.53 Å². The van der Waals surface area contributed by atoms with Crippen molar-refractivity contribution in [1.82, 2.24) is 14.5 Å². The third kappa shape index (κ3) is 3.90. The van der Waals surface area contributed by atoms with Gasteiger partial charge in [-0.1, -0.05) is 23.7 Å². The highest BCUT2D eigenvalue weighted by molar-refractivity contribution is 7.13. The van der Waals surface area contributed by atoms with Crippen molar-refractivity contribution in [1.29, 1.82) is 0 Å². The van der Waals surface area contributed by atoms with Crippen LogP contribution < -0.4 is 4.74 Å². The van der Waals surface area contributed by atoms with E-state index in [1.807, 2.05) is 60.8 Å². The van der Waals surface area contributed by atoms with Crippen molar-refractivity contribution in [2.24, 2.45) is 0 Å². The first kappa shape index (κ1) is 20.4. The molecule has 7 heteroatoms. The maximum atomic E-state index is 13.5. The van der Waals surface area contributed by atoms with E-state index < -0.39 is 0 Å². The summed E-state index contributed by atoms with van der Waals surface area (Å²) in [4.78, 5) is 22.1. The van der Waals surface area contributed by atoms with Gasteiger partial charge < -0.3 is 9.30 Å². The monoisotopic (exact) mass is 459 g/mol. The van der Waals surface area contributed by atoms with Gasteiger partial charge in [0.1, 0.15) is 16.5 Å². The van der Waals surface area contributed by atoms with Crippen molar-refractivity contribution in [3.05, 3.63) is 100 Å². The number of fused-ring (bicyclic) bond motifs is 1. The van der Waals surface area contributed by atoms with E-state index in [1.165, 1.54) is 11.3 Å². The average molecular weight is 460 g/mol. The summed E-state index contributed by atoms with van der Waals surface area (Å²) < 4.78 is 7.48. The number of halogens is 1. The Balaban J connectivity index is 1.56.